The van der Waals surface area contributed by atoms with E-state index in [9.17, 15) is 14.9 Å². The van der Waals surface area contributed by atoms with E-state index in [0.29, 0.717) is 29.9 Å². The number of urea groups is 1. The van der Waals surface area contributed by atoms with E-state index >= 15 is 0 Å². The molecular formula is C30H30N8O2. The van der Waals surface area contributed by atoms with Crippen molar-refractivity contribution in [3.63, 3.8) is 0 Å². The van der Waals surface area contributed by atoms with E-state index < -0.39 is 5.54 Å². The highest BCUT2D eigenvalue weighted by Gasteiger charge is 2.37. The molecule has 0 atom stereocenters. The molecule has 0 bridgehead atoms. The zero-order valence-electron chi connectivity index (χ0n) is 22.0. The number of hydrogen-bond acceptors (Lipinski definition) is 6. The van der Waals surface area contributed by atoms with Crippen LogP contribution in [0.4, 0.5) is 10.5 Å². The third-order valence-corrected chi connectivity index (χ3v) is 7.15. The van der Waals surface area contributed by atoms with Gasteiger partial charge >= 0.3 is 6.03 Å². The summed E-state index contributed by atoms with van der Waals surface area (Å²) in [4.78, 5) is 40.9. The molecule has 4 N–H and O–H groups in total. The van der Waals surface area contributed by atoms with Gasteiger partial charge in [-0.15, -0.1) is 0 Å². The van der Waals surface area contributed by atoms with Crippen LogP contribution in [0.1, 0.15) is 59.7 Å². The van der Waals surface area contributed by atoms with Gasteiger partial charge in [0.05, 0.1) is 23.3 Å². The van der Waals surface area contributed by atoms with Gasteiger partial charge in [-0.1, -0.05) is 43.5 Å². The zero-order chi connectivity index (χ0) is 27.8. The number of hydrogen-bond donors (Lipinski definition) is 4. The van der Waals surface area contributed by atoms with Gasteiger partial charge in [0.1, 0.15) is 6.07 Å². The summed E-state index contributed by atoms with van der Waals surface area (Å²) in [5, 5.41) is 18.2. The quantitative estimate of drug-likeness (QED) is 0.258. The van der Waals surface area contributed by atoms with Gasteiger partial charge in [0, 0.05) is 36.6 Å². The maximum absolute atomic E-state index is 13.0. The summed E-state index contributed by atoms with van der Waals surface area (Å²) in [5.74, 6) is -0.0340. The number of amides is 3. The molecule has 5 rings (SSSR count). The number of carbonyl (C=O) groups is 2. The lowest BCUT2D eigenvalue weighted by molar-refractivity contribution is 0.0954. The number of carbonyl (C=O) groups excluding carboxylic acids is 2. The molecule has 1 aliphatic rings. The van der Waals surface area contributed by atoms with Crippen molar-refractivity contribution in [2.45, 2.75) is 44.1 Å². The van der Waals surface area contributed by atoms with Gasteiger partial charge in [0.25, 0.3) is 5.91 Å². The number of nitrogens with zero attached hydrogens (tertiary/aromatic N) is 4. The number of aromatic amines is 1. The Morgan fingerprint density at radius 1 is 0.950 bits per heavy atom. The number of H-pyrrole nitrogens is 1. The van der Waals surface area contributed by atoms with Crippen LogP contribution in [0.5, 0.6) is 0 Å². The Hall–Kier alpha value is -5.04. The number of rotatable bonds is 8. The lowest BCUT2D eigenvalue weighted by Gasteiger charge is -2.37. The molecule has 3 amide bonds. The first kappa shape index (κ1) is 26.6. The van der Waals surface area contributed by atoms with E-state index in [1.54, 1.807) is 30.7 Å². The van der Waals surface area contributed by atoms with Crippen LogP contribution in [0.2, 0.25) is 0 Å². The average molecular weight is 535 g/mol. The highest BCUT2D eigenvalue weighted by molar-refractivity contribution is 5.94. The van der Waals surface area contributed by atoms with Crippen molar-refractivity contribution in [2.75, 3.05) is 11.9 Å². The van der Waals surface area contributed by atoms with E-state index in [4.69, 9.17) is 0 Å². The maximum Gasteiger partial charge on any atom is 0.319 e. The zero-order valence-corrected chi connectivity index (χ0v) is 22.0. The van der Waals surface area contributed by atoms with Gasteiger partial charge in [0.2, 0.25) is 5.82 Å². The largest absolute Gasteiger partial charge is 0.352 e. The van der Waals surface area contributed by atoms with Gasteiger partial charge in [-0.25, -0.2) is 19.7 Å². The van der Waals surface area contributed by atoms with Crippen molar-refractivity contribution in [1.82, 2.24) is 30.6 Å². The molecule has 0 aliphatic heterocycles. The SMILES string of the molecule is N#Cc1nccc(C2(NC(=O)Nc3ccc(-c4ccc(C(=O)NCCc5c[nH]cn5)cc4)cc3)CCCCC2)n1. The van der Waals surface area contributed by atoms with Crippen LogP contribution in [-0.4, -0.2) is 38.4 Å². The molecular weight excluding hydrogens is 504 g/mol. The molecule has 202 valence electrons. The predicted octanol–water partition coefficient (Wildman–Crippen LogP) is 4.69. The summed E-state index contributed by atoms with van der Waals surface area (Å²) >= 11 is 0. The number of aromatic nitrogens is 4. The van der Waals surface area contributed by atoms with Crippen LogP contribution in [0.25, 0.3) is 11.1 Å². The Balaban J connectivity index is 1.19. The summed E-state index contributed by atoms with van der Waals surface area (Å²) in [6, 6.07) is 18.4. The van der Waals surface area contributed by atoms with Crippen molar-refractivity contribution in [3.8, 4) is 17.2 Å². The first-order valence-electron chi connectivity index (χ1n) is 13.3. The van der Waals surface area contributed by atoms with E-state index in [1.165, 1.54) is 0 Å². The van der Waals surface area contributed by atoms with Crippen LogP contribution in [-0.2, 0) is 12.0 Å². The summed E-state index contributed by atoms with van der Waals surface area (Å²) < 4.78 is 0. The van der Waals surface area contributed by atoms with Crippen molar-refractivity contribution in [1.29, 1.82) is 5.26 Å². The van der Waals surface area contributed by atoms with Gasteiger partial charge in [0.15, 0.2) is 0 Å². The van der Waals surface area contributed by atoms with E-state index in [2.05, 4.69) is 35.9 Å². The number of anilines is 1. The second-order valence-electron chi connectivity index (χ2n) is 9.82. The number of imidazole rings is 1. The van der Waals surface area contributed by atoms with Crippen LogP contribution >= 0.6 is 0 Å². The minimum atomic E-state index is -0.635. The number of nitriles is 1. The molecule has 1 saturated carbocycles. The van der Waals surface area contributed by atoms with Crippen LogP contribution in [0.15, 0.2) is 73.3 Å². The number of nitrogens with one attached hydrogen (secondary N) is 4. The minimum Gasteiger partial charge on any atom is -0.352 e. The fourth-order valence-electron chi connectivity index (χ4n) is 5.05. The Kier molecular flexibility index (Phi) is 8.11. The lowest BCUT2D eigenvalue weighted by Crippen LogP contribution is -2.49. The molecule has 1 aliphatic carbocycles. The molecule has 2 aromatic carbocycles. The monoisotopic (exact) mass is 534 g/mol. The second kappa shape index (κ2) is 12.2. The van der Waals surface area contributed by atoms with Crippen LogP contribution < -0.4 is 16.0 Å². The maximum atomic E-state index is 13.0. The average Bonchev–Trinajstić information content (AvgIpc) is 3.52. The van der Waals surface area contributed by atoms with Gasteiger partial charge in [-0.3, -0.25) is 4.79 Å². The molecule has 2 heterocycles. The smallest absolute Gasteiger partial charge is 0.319 e. The van der Waals surface area contributed by atoms with Crippen molar-refractivity contribution < 1.29 is 9.59 Å². The van der Waals surface area contributed by atoms with Crippen LogP contribution in [0, 0.1) is 11.3 Å². The fraction of sp³-hybridized carbons (Fsp3) is 0.267. The molecule has 2 aromatic heterocycles. The summed E-state index contributed by atoms with van der Waals surface area (Å²) in [5.41, 5.74) is 4.10. The van der Waals surface area contributed by atoms with Crippen LogP contribution in [0.3, 0.4) is 0 Å². The Labute approximate surface area is 232 Å². The predicted molar refractivity (Wildman–Crippen MR) is 150 cm³/mol. The summed E-state index contributed by atoms with van der Waals surface area (Å²) in [6.07, 6.45) is 10.2. The highest BCUT2D eigenvalue weighted by atomic mass is 16.2. The Bertz CT molecular complexity index is 1490. The molecule has 40 heavy (non-hydrogen) atoms. The van der Waals surface area contributed by atoms with E-state index in [0.717, 1.165) is 48.9 Å². The second-order valence-corrected chi connectivity index (χ2v) is 9.82. The fourth-order valence-corrected chi connectivity index (χ4v) is 5.05. The molecule has 0 unspecified atom stereocenters. The first-order valence-corrected chi connectivity index (χ1v) is 13.3. The Morgan fingerprint density at radius 2 is 1.68 bits per heavy atom. The van der Waals surface area contributed by atoms with Gasteiger partial charge in [-0.2, -0.15) is 5.26 Å². The number of benzene rings is 2. The molecule has 1 fully saturated rings. The van der Waals surface area contributed by atoms with Crippen molar-refractivity contribution in [2.24, 2.45) is 0 Å². The standard InChI is InChI=1S/C30H30N8O2/c31-18-27-33-17-13-26(37-27)30(14-2-1-3-15-30)38-29(40)36-24-10-8-22(9-11-24)21-4-6-23(7-5-21)28(39)34-16-12-25-19-32-20-35-25/h4-11,13,17,19-20H,1-3,12,14-16H2,(H,32,35)(H,34,39)(H2,36,38,40). The minimum absolute atomic E-state index is 0.0964. The van der Waals surface area contributed by atoms with E-state index in [-0.39, 0.29) is 17.8 Å². The third kappa shape index (κ3) is 6.32. The van der Waals surface area contributed by atoms with Crippen molar-refractivity contribution >= 4 is 17.6 Å². The first-order chi connectivity index (χ1) is 19.5. The van der Waals surface area contributed by atoms with Gasteiger partial charge < -0.3 is 20.9 Å². The van der Waals surface area contributed by atoms with Crippen molar-refractivity contribution in [3.05, 3.63) is 96.1 Å². The Morgan fingerprint density at radius 3 is 2.35 bits per heavy atom. The van der Waals surface area contributed by atoms with E-state index in [1.807, 2.05) is 48.7 Å². The molecule has 0 saturated heterocycles. The molecule has 0 radical (unpaired) electrons. The topological polar surface area (TPSA) is 148 Å². The summed E-state index contributed by atoms with van der Waals surface area (Å²) in [6.45, 7) is 0.509. The molecule has 4 aromatic rings. The third-order valence-electron chi connectivity index (χ3n) is 7.15. The highest BCUT2D eigenvalue weighted by Crippen LogP contribution is 2.36. The van der Waals surface area contributed by atoms with Gasteiger partial charge in [-0.05, 0) is 54.3 Å². The normalized spacial score (nSPS) is 14.1. The molecule has 10 heteroatoms. The lowest BCUT2D eigenvalue weighted by atomic mass is 9.79. The summed E-state index contributed by atoms with van der Waals surface area (Å²) in [7, 11) is 0. The molecule has 0 spiro atoms. The molecule has 10 nitrogen and oxygen atoms in total.